The molecule has 194 valence electrons. The van der Waals surface area contributed by atoms with Crippen LogP contribution in [-0.4, -0.2) is 88.7 Å². The Hall–Kier alpha value is -3.27. The van der Waals surface area contributed by atoms with Crippen molar-refractivity contribution >= 4 is 11.9 Å². The number of hydrogen-bond donors (Lipinski definition) is 2. The molecule has 37 heavy (non-hydrogen) atoms. The van der Waals surface area contributed by atoms with E-state index in [1.807, 2.05) is 18.2 Å². The van der Waals surface area contributed by atoms with Gasteiger partial charge in [-0.15, -0.1) is 0 Å². The molecular formula is C28H34N6O3. The molecule has 0 bridgehead atoms. The fourth-order valence-corrected chi connectivity index (χ4v) is 5.86. The second kappa shape index (κ2) is 10.6. The molecule has 1 atom stereocenters. The molecule has 2 fully saturated rings. The van der Waals surface area contributed by atoms with Gasteiger partial charge in [-0.05, 0) is 42.5 Å². The standard InChI is InChI=1S/C28H34N6O3/c35-19-25-24-7-2-1-4-20(24)8-13-34(25)28-30-26(21-5-3-6-23(36)18-21)29-27(31-28)33-11-9-22(10-12-33)32-14-16-37-17-15-32/h1-7,18,22,25,35-36H,8-17,19H2/t25-/m0/s1. The minimum atomic E-state index is -0.218. The zero-order chi connectivity index (χ0) is 25.2. The van der Waals surface area contributed by atoms with Crippen LogP contribution in [0.25, 0.3) is 11.4 Å². The van der Waals surface area contributed by atoms with Crippen LogP contribution in [0.3, 0.4) is 0 Å². The summed E-state index contributed by atoms with van der Waals surface area (Å²) in [4.78, 5) is 21.6. The number of morpholine rings is 1. The molecule has 3 aliphatic heterocycles. The van der Waals surface area contributed by atoms with Crippen molar-refractivity contribution in [3.8, 4) is 17.1 Å². The van der Waals surface area contributed by atoms with Gasteiger partial charge in [-0.3, -0.25) is 4.90 Å². The summed E-state index contributed by atoms with van der Waals surface area (Å²) >= 11 is 0. The van der Waals surface area contributed by atoms with Crippen LogP contribution in [0.5, 0.6) is 5.75 Å². The van der Waals surface area contributed by atoms with Gasteiger partial charge < -0.3 is 24.7 Å². The Balaban J connectivity index is 1.32. The molecule has 0 spiro atoms. The summed E-state index contributed by atoms with van der Waals surface area (Å²) in [6, 6.07) is 15.6. The van der Waals surface area contributed by atoms with Gasteiger partial charge in [-0.1, -0.05) is 36.4 Å². The van der Waals surface area contributed by atoms with Gasteiger partial charge in [0.05, 0.1) is 25.9 Å². The second-order valence-corrected chi connectivity index (χ2v) is 10.0. The molecule has 9 heteroatoms. The molecule has 0 unspecified atom stereocenters. The largest absolute Gasteiger partial charge is 0.508 e. The number of nitrogens with zero attached hydrogens (tertiary/aromatic N) is 6. The summed E-state index contributed by atoms with van der Waals surface area (Å²) in [7, 11) is 0. The van der Waals surface area contributed by atoms with E-state index in [0.29, 0.717) is 30.3 Å². The fraction of sp³-hybridized carbons (Fsp3) is 0.464. The molecule has 6 rings (SSSR count). The lowest BCUT2D eigenvalue weighted by Crippen LogP contribution is -2.49. The van der Waals surface area contributed by atoms with Crippen molar-refractivity contribution in [2.75, 3.05) is 62.3 Å². The third-order valence-electron chi connectivity index (χ3n) is 7.87. The molecule has 1 aromatic heterocycles. The van der Waals surface area contributed by atoms with Crippen LogP contribution in [0.15, 0.2) is 48.5 Å². The van der Waals surface area contributed by atoms with Crippen molar-refractivity contribution in [3.63, 3.8) is 0 Å². The summed E-state index contributed by atoms with van der Waals surface area (Å²) in [5.41, 5.74) is 3.11. The third-order valence-corrected chi connectivity index (χ3v) is 7.87. The number of aromatic hydroxyl groups is 1. The number of aromatic nitrogens is 3. The second-order valence-electron chi connectivity index (χ2n) is 10.0. The van der Waals surface area contributed by atoms with Gasteiger partial charge in [-0.2, -0.15) is 15.0 Å². The van der Waals surface area contributed by atoms with E-state index in [0.717, 1.165) is 69.8 Å². The predicted octanol–water partition coefficient (Wildman–Crippen LogP) is 2.64. The normalized spacial score (nSPS) is 21.2. The highest BCUT2D eigenvalue weighted by Gasteiger charge is 2.31. The average molecular weight is 503 g/mol. The van der Waals surface area contributed by atoms with Gasteiger partial charge in [0.15, 0.2) is 5.82 Å². The zero-order valence-electron chi connectivity index (χ0n) is 21.0. The summed E-state index contributed by atoms with van der Waals surface area (Å²) in [6.07, 6.45) is 2.97. The highest BCUT2D eigenvalue weighted by molar-refractivity contribution is 5.61. The Morgan fingerprint density at radius 1 is 0.865 bits per heavy atom. The first-order valence-corrected chi connectivity index (χ1v) is 13.3. The summed E-state index contributed by atoms with van der Waals surface area (Å²) in [5, 5.41) is 20.5. The van der Waals surface area contributed by atoms with Gasteiger partial charge in [0.25, 0.3) is 0 Å². The molecule has 2 N–H and O–H groups in total. The molecule has 0 amide bonds. The van der Waals surface area contributed by atoms with Crippen molar-refractivity contribution in [1.82, 2.24) is 19.9 Å². The van der Waals surface area contributed by atoms with Crippen LogP contribution in [0, 0.1) is 0 Å². The van der Waals surface area contributed by atoms with Gasteiger partial charge in [0.2, 0.25) is 11.9 Å². The molecular weight excluding hydrogens is 468 g/mol. The van der Waals surface area contributed by atoms with Crippen molar-refractivity contribution in [1.29, 1.82) is 0 Å². The van der Waals surface area contributed by atoms with E-state index in [2.05, 4.69) is 26.8 Å². The number of phenolic OH excluding ortho intramolecular Hbond substituents is 1. The molecule has 9 nitrogen and oxygen atoms in total. The molecule has 0 aliphatic carbocycles. The van der Waals surface area contributed by atoms with Crippen LogP contribution in [0.4, 0.5) is 11.9 Å². The number of anilines is 2. The number of fused-ring (bicyclic) bond motifs is 1. The first-order valence-electron chi connectivity index (χ1n) is 13.3. The third kappa shape index (κ3) is 4.99. The Morgan fingerprint density at radius 3 is 2.43 bits per heavy atom. The van der Waals surface area contributed by atoms with Crippen molar-refractivity contribution in [3.05, 3.63) is 59.7 Å². The number of phenols is 1. The maximum Gasteiger partial charge on any atom is 0.231 e. The van der Waals surface area contributed by atoms with Gasteiger partial charge in [-0.25, -0.2) is 0 Å². The lowest BCUT2D eigenvalue weighted by atomic mass is 9.93. The summed E-state index contributed by atoms with van der Waals surface area (Å²) < 4.78 is 5.54. The molecule has 0 saturated carbocycles. The highest BCUT2D eigenvalue weighted by atomic mass is 16.5. The van der Waals surface area contributed by atoms with E-state index < -0.39 is 0 Å². The fourth-order valence-electron chi connectivity index (χ4n) is 5.86. The van der Waals surface area contributed by atoms with E-state index in [-0.39, 0.29) is 18.4 Å². The Morgan fingerprint density at radius 2 is 1.65 bits per heavy atom. The first-order chi connectivity index (χ1) is 18.2. The number of ether oxygens (including phenoxy) is 1. The van der Waals surface area contributed by atoms with Gasteiger partial charge >= 0.3 is 0 Å². The van der Waals surface area contributed by atoms with Crippen LogP contribution in [-0.2, 0) is 11.2 Å². The molecule has 3 aliphatic rings. The smallest absolute Gasteiger partial charge is 0.231 e. The predicted molar refractivity (Wildman–Crippen MR) is 142 cm³/mol. The van der Waals surface area contributed by atoms with Crippen LogP contribution in [0.1, 0.15) is 30.0 Å². The molecule has 4 heterocycles. The molecule has 0 radical (unpaired) electrons. The zero-order valence-corrected chi connectivity index (χ0v) is 21.0. The molecule has 3 aromatic rings. The van der Waals surface area contributed by atoms with E-state index >= 15 is 0 Å². The number of aliphatic hydroxyl groups is 1. The molecule has 2 aromatic carbocycles. The van der Waals surface area contributed by atoms with Crippen molar-refractivity contribution in [2.24, 2.45) is 0 Å². The van der Waals surface area contributed by atoms with Gasteiger partial charge in [0, 0.05) is 44.3 Å². The highest BCUT2D eigenvalue weighted by Crippen LogP contribution is 2.34. The van der Waals surface area contributed by atoms with Gasteiger partial charge in [0.1, 0.15) is 5.75 Å². The number of aliphatic hydroxyl groups excluding tert-OH is 1. The minimum Gasteiger partial charge on any atom is -0.508 e. The topological polar surface area (TPSA) is 98.1 Å². The minimum absolute atomic E-state index is 0.0234. The maximum absolute atomic E-state index is 10.4. The monoisotopic (exact) mass is 502 g/mol. The lowest BCUT2D eigenvalue weighted by Gasteiger charge is -2.40. The maximum atomic E-state index is 10.4. The van der Waals surface area contributed by atoms with E-state index in [1.165, 1.54) is 5.56 Å². The number of piperidine rings is 1. The number of rotatable bonds is 5. The van der Waals surface area contributed by atoms with E-state index in [4.69, 9.17) is 19.7 Å². The Labute approximate surface area is 217 Å². The summed E-state index contributed by atoms with van der Waals surface area (Å²) in [6.45, 7) is 6.07. The number of hydrogen-bond acceptors (Lipinski definition) is 9. The van der Waals surface area contributed by atoms with Crippen LogP contribution >= 0.6 is 0 Å². The van der Waals surface area contributed by atoms with Crippen molar-refractivity contribution < 1.29 is 14.9 Å². The average Bonchev–Trinajstić information content (AvgIpc) is 2.97. The quantitative estimate of drug-likeness (QED) is 0.546. The number of benzene rings is 2. The lowest BCUT2D eigenvalue weighted by molar-refractivity contribution is 0.0114. The molecule has 2 saturated heterocycles. The van der Waals surface area contributed by atoms with Crippen LogP contribution < -0.4 is 9.80 Å². The summed E-state index contributed by atoms with van der Waals surface area (Å²) in [5.74, 6) is 1.92. The Bertz CT molecular complexity index is 1230. The SMILES string of the molecule is OC[C@H]1c2ccccc2CCN1c1nc(-c2cccc(O)c2)nc(N2CCC(N3CCOCC3)CC2)n1. The first kappa shape index (κ1) is 24.1. The van der Waals surface area contributed by atoms with Crippen molar-refractivity contribution in [2.45, 2.75) is 31.3 Å². The van der Waals surface area contributed by atoms with Crippen LogP contribution in [0.2, 0.25) is 0 Å². The Kier molecular flexibility index (Phi) is 6.91. The van der Waals surface area contributed by atoms with E-state index in [9.17, 15) is 10.2 Å². The van der Waals surface area contributed by atoms with E-state index in [1.54, 1.807) is 18.2 Å².